The Kier molecular flexibility index (Phi) is 6.57. The van der Waals surface area contributed by atoms with Crippen LogP contribution in [0.5, 0.6) is 0 Å². The lowest BCUT2D eigenvalue weighted by Gasteiger charge is -2.26. The molecule has 0 N–H and O–H groups in total. The molecule has 0 aliphatic heterocycles. The Balaban J connectivity index is 2.01. The Hall–Kier alpha value is -2.16. The molecule has 2 unspecified atom stereocenters. The molecule has 9 heteroatoms. The van der Waals surface area contributed by atoms with Gasteiger partial charge in [-0.05, 0) is 47.5 Å². The number of carbonyl (C=O) groups excluding carboxylic acids is 2. The van der Waals surface area contributed by atoms with Gasteiger partial charge >= 0.3 is 12.1 Å². The molecule has 1 aliphatic carbocycles. The van der Waals surface area contributed by atoms with Gasteiger partial charge in [0.2, 0.25) is 0 Å². The lowest BCUT2D eigenvalue weighted by atomic mass is 9.79. The lowest BCUT2D eigenvalue weighted by molar-refractivity contribution is -0.146. The second kappa shape index (κ2) is 8.48. The largest absolute Gasteiger partial charge is 0.468 e. The van der Waals surface area contributed by atoms with E-state index in [1.807, 2.05) is 0 Å². The van der Waals surface area contributed by atoms with Crippen LogP contribution in [0.15, 0.2) is 46.1 Å². The molecule has 0 fully saturated rings. The van der Waals surface area contributed by atoms with Crippen molar-refractivity contribution in [1.82, 2.24) is 0 Å². The van der Waals surface area contributed by atoms with Crippen molar-refractivity contribution < 1.29 is 27.5 Å². The van der Waals surface area contributed by atoms with E-state index >= 15 is 0 Å². The van der Waals surface area contributed by atoms with Crippen molar-refractivity contribution in [3.05, 3.63) is 46.5 Å². The molecule has 1 aromatic rings. The van der Waals surface area contributed by atoms with E-state index in [-0.39, 0.29) is 17.9 Å². The third-order valence-corrected chi connectivity index (χ3v) is 5.11. The molecule has 1 aromatic carbocycles. The number of hydrogen-bond acceptors (Lipinski definition) is 6. The fraction of sp³-hybridized carbons (Fsp3) is 0.412. The van der Waals surface area contributed by atoms with Gasteiger partial charge < -0.3 is 4.74 Å². The molecule has 0 bridgehead atoms. The predicted molar refractivity (Wildman–Crippen MR) is 89.3 cm³/mol. The number of rotatable bonds is 6. The molecule has 140 valence electrons. The minimum atomic E-state index is -4.38. The minimum absolute atomic E-state index is 0.0896. The highest BCUT2D eigenvalue weighted by atomic mass is 32.2. The molecule has 26 heavy (non-hydrogen) atoms. The number of hydrogen-bond donors (Lipinski definition) is 0. The number of nitroso groups, excluding NO2 is 1. The Morgan fingerprint density at radius 2 is 1.96 bits per heavy atom. The van der Waals surface area contributed by atoms with Gasteiger partial charge in [-0.1, -0.05) is 0 Å². The van der Waals surface area contributed by atoms with Gasteiger partial charge in [0, 0.05) is 17.4 Å². The van der Waals surface area contributed by atoms with Gasteiger partial charge in [-0.15, -0.1) is 16.7 Å². The molecule has 0 saturated carbocycles. The number of benzene rings is 1. The number of halogens is 3. The van der Waals surface area contributed by atoms with Gasteiger partial charge in [-0.2, -0.15) is 13.2 Å². The predicted octanol–water partition coefficient (Wildman–Crippen LogP) is 4.22. The van der Waals surface area contributed by atoms with Crippen molar-refractivity contribution in [1.29, 1.82) is 0 Å². The molecule has 1 aliphatic rings. The van der Waals surface area contributed by atoms with E-state index in [0.29, 0.717) is 17.1 Å². The molecular weight excluding hydrogens is 371 g/mol. The number of nitrogens with zero attached hydrogens (tertiary/aromatic N) is 1. The van der Waals surface area contributed by atoms with E-state index < -0.39 is 29.5 Å². The Morgan fingerprint density at radius 1 is 1.31 bits per heavy atom. The number of ether oxygens (including phenoxy) is 1. The number of methoxy groups -OCH3 is 1. The van der Waals surface area contributed by atoms with Crippen molar-refractivity contribution in [2.45, 2.75) is 23.9 Å². The van der Waals surface area contributed by atoms with Crippen LogP contribution in [0.4, 0.5) is 13.2 Å². The van der Waals surface area contributed by atoms with Gasteiger partial charge in [0.05, 0.1) is 12.7 Å². The molecule has 0 aromatic heterocycles. The van der Waals surface area contributed by atoms with Crippen LogP contribution >= 0.6 is 11.8 Å². The first-order valence-electron chi connectivity index (χ1n) is 7.72. The van der Waals surface area contributed by atoms with Crippen LogP contribution in [0.1, 0.15) is 18.4 Å². The van der Waals surface area contributed by atoms with Crippen LogP contribution in [-0.2, 0) is 20.5 Å². The molecule has 0 spiro atoms. The molecule has 5 nitrogen and oxygen atoms in total. The summed E-state index contributed by atoms with van der Waals surface area (Å²) in [5.74, 6) is -1.79. The van der Waals surface area contributed by atoms with E-state index in [2.05, 4.69) is 5.18 Å². The third-order valence-electron chi connectivity index (χ3n) is 4.06. The summed E-state index contributed by atoms with van der Waals surface area (Å²) in [4.78, 5) is 35.2. The zero-order valence-electron chi connectivity index (χ0n) is 13.8. The van der Waals surface area contributed by atoms with Gasteiger partial charge in [-0.3, -0.25) is 9.59 Å². The first kappa shape index (κ1) is 20.2. The first-order chi connectivity index (χ1) is 12.3. The standard InChI is InChI=1S/C17H16F3NO4S/c1-25-16(23)15-10(8-12(22)9-14(15)21-24)6-7-26-13-4-2-11(3-5-13)17(18,19)20/h2-5,9-10,15H,6-8H2,1H3. The number of ketones is 1. The normalized spacial score (nSPS) is 20.5. The lowest BCUT2D eigenvalue weighted by Crippen LogP contribution is -2.32. The average molecular weight is 387 g/mol. The highest BCUT2D eigenvalue weighted by Crippen LogP contribution is 2.35. The molecular formula is C17H16F3NO4S. The van der Waals surface area contributed by atoms with Crippen molar-refractivity contribution in [2.75, 3.05) is 12.9 Å². The summed E-state index contributed by atoms with van der Waals surface area (Å²) in [6, 6.07) is 4.74. The third kappa shape index (κ3) is 4.94. The quantitative estimate of drug-likeness (QED) is 0.415. The Labute approximate surface area is 152 Å². The van der Waals surface area contributed by atoms with Gasteiger partial charge in [0.1, 0.15) is 11.6 Å². The van der Waals surface area contributed by atoms with Crippen molar-refractivity contribution in [3.8, 4) is 0 Å². The summed E-state index contributed by atoms with van der Waals surface area (Å²) in [5, 5.41) is 2.77. The zero-order chi connectivity index (χ0) is 19.3. The molecule has 0 radical (unpaired) electrons. The zero-order valence-corrected chi connectivity index (χ0v) is 14.6. The van der Waals surface area contributed by atoms with E-state index in [1.165, 1.54) is 31.0 Å². The first-order valence-corrected chi connectivity index (χ1v) is 8.70. The van der Waals surface area contributed by atoms with Crippen LogP contribution in [0.25, 0.3) is 0 Å². The summed E-state index contributed by atoms with van der Waals surface area (Å²) >= 11 is 1.31. The number of alkyl halides is 3. The van der Waals surface area contributed by atoms with Crippen LogP contribution in [0, 0.1) is 16.7 Å². The molecule has 0 heterocycles. The number of allylic oxidation sites excluding steroid dienone is 1. The van der Waals surface area contributed by atoms with Crippen LogP contribution in [-0.4, -0.2) is 24.6 Å². The van der Waals surface area contributed by atoms with Crippen molar-refractivity contribution in [2.24, 2.45) is 17.0 Å². The smallest absolute Gasteiger partial charge is 0.416 e. The Morgan fingerprint density at radius 3 is 2.50 bits per heavy atom. The molecule has 2 rings (SSSR count). The SMILES string of the molecule is COC(=O)C1C(N=O)=CC(=O)CC1CCSc1ccc(C(F)(F)F)cc1. The summed E-state index contributed by atoms with van der Waals surface area (Å²) in [7, 11) is 1.19. The fourth-order valence-electron chi connectivity index (χ4n) is 2.79. The topological polar surface area (TPSA) is 72.8 Å². The van der Waals surface area contributed by atoms with E-state index in [1.54, 1.807) is 0 Å². The summed E-state index contributed by atoms with van der Waals surface area (Å²) in [6.45, 7) is 0. The Bertz CT molecular complexity index is 716. The van der Waals surface area contributed by atoms with E-state index in [4.69, 9.17) is 4.74 Å². The molecule has 0 amide bonds. The molecule has 0 saturated heterocycles. The maximum absolute atomic E-state index is 12.6. The van der Waals surface area contributed by atoms with Gasteiger partial charge in [-0.25, -0.2) is 0 Å². The number of thioether (sulfide) groups is 1. The van der Waals surface area contributed by atoms with Gasteiger partial charge in [0.15, 0.2) is 5.78 Å². The summed E-state index contributed by atoms with van der Waals surface area (Å²) < 4.78 is 42.3. The van der Waals surface area contributed by atoms with E-state index in [0.717, 1.165) is 18.2 Å². The maximum atomic E-state index is 12.6. The second-order valence-corrected chi connectivity index (χ2v) is 6.92. The van der Waals surface area contributed by atoms with Gasteiger partial charge in [0.25, 0.3) is 0 Å². The van der Waals surface area contributed by atoms with Crippen LogP contribution < -0.4 is 0 Å². The average Bonchev–Trinajstić information content (AvgIpc) is 2.60. The van der Waals surface area contributed by atoms with Crippen LogP contribution in [0.2, 0.25) is 0 Å². The second-order valence-electron chi connectivity index (χ2n) is 5.75. The van der Waals surface area contributed by atoms with Crippen molar-refractivity contribution >= 4 is 23.5 Å². The van der Waals surface area contributed by atoms with E-state index in [9.17, 15) is 27.7 Å². The van der Waals surface area contributed by atoms with Crippen molar-refractivity contribution in [3.63, 3.8) is 0 Å². The molecule has 2 atom stereocenters. The summed E-state index contributed by atoms with van der Waals surface area (Å²) in [6.07, 6.45) is -2.82. The highest BCUT2D eigenvalue weighted by molar-refractivity contribution is 7.99. The maximum Gasteiger partial charge on any atom is 0.416 e. The van der Waals surface area contributed by atoms with Crippen LogP contribution in [0.3, 0.4) is 0 Å². The number of carbonyl (C=O) groups is 2. The highest BCUT2D eigenvalue weighted by Gasteiger charge is 2.38. The number of esters is 1. The summed E-state index contributed by atoms with van der Waals surface area (Å²) in [5.41, 5.74) is -0.866. The monoisotopic (exact) mass is 387 g/mol. The minimum Gasteiger partial charge on any atom is -0.468 e. The fourth-order valence-corrected chi connectivity index (χ4v) is 3.78.